The Balaban J connectivity index is 1.69. The summed E-state index contributed by atoms with van der Waals surface area (Å²) >= 11 is 6.63. The summed E-state index contributed by atoms with van der Waals surface area (Å²) in [5.74, 6) is 1.51. The van der Waals surface area contributed by atoms with Gasteiger partial charge in [0.25, 0.3) is 0 Å². The Hall–Kier alpha value is -2.72. The van der Waals surface area contributed by atoms with Crippen LogP contribution in [-0.2, 0) is 9.53 Å². The highest BCUT2D eigenvalue weighted by Gasteiger charge is 2.53. The van der Waals surface area contributed by atoms with Crippen LogP contribution in [0.5, 0.6) is 5.75 Å². The molecule has 1 aliphatic heterocycles. The number of allylic oxidation sites excluding steroid dienone is 2. The number of Topliss-reactive ketones (excluding diaryl/α,β-unsaturated/α-hetero) is 1. The molecule has 4 N–H and O–H groups in total. The van der Waals surface area contributed by atoms with E-state index in [2.05, 4.69) is 24.1 Å². The number of aliphatic hydroxyl groups excluding tert-OH is 1. The van der Waals surface area contributed by atoms with Gasteiger partial charge >= 0.3 is 0 Å². The summed E-state index contributed by atoms with van der Waals surface area (Å²) in [6.07, 6.45) is 1.96. The van der Waals surface area contributed by atoms with Crippen LogP contribution in [0.3, 0.4) is 0 Å². The maximum absolute atomic E-state index is 12.7. The summed E-state index contributed by atoms with van der Waals surface area (Å²) in [7, 11) is 1.77. The van der Waals surface area contributed by atoms with Gasteiger partial charge in [0, 0.05) is 41.9 Å². The van der Waals surface area contributed by atoms with Crippen LogP contribution in [0.4, 0.5) is 5.82 Å². The van der Waals surface area contributed by atoms with Gasteiger partial charge in [-0.05, 0) is 72.7 Å². The minimum atomic E-state index is -0.658. The molecule has 10 heteroatoms. The summed E-state index contributed by atoms with van der Waals surface area (Å²) < 4.78 is 11.8. The van der Waals surface area contributed by atoms with Crippen LogP contribution in [0.2, 0.25) is 5.02 Å². The Bertz CT molecular complexity index is 1250. The average molecular weight is 558 g/mol. The molecule has 0 amide bonds. The second-order valence-corrected chi connectivity index (χ2v) is 11.6. The fourth-order valence-electron chi connectivity index (χ4n) is 5.62. The molecule has 0 unspecified atom stereocenters. The number of ketones is 1. The van der Waals surface area contributed by atoms with E-state index in [1.807, 2.05) is 6.92 Å². The number of halogens is 1. The molecule has 4 rings (SSSR count). The zero-order valence-corrected chi connectivity index (χ0v) is 24.4. The first kappa shape index (κ1) is 29.3. The van der Waals surface area contributed by atoms with Crippen molar-refractivity contribution in [1.29, 1.82) is 0 Å². The van der Waals surface area contributed by atoms with Crippen molar-refractivity contribution in [2.75, 3.05) is 38.2 Å². The number of likely N-dealkylation sites (N-methyl/N-ethyl adjacent to an activating group) is 1. The zero-order valence-electron chi connectivity index (χ0n) is 23.7. The van der Waals surface area contributed by atoms with Gasteiger partial charge in [-0.2, -0.15) is 0 Å². The highest BCUT2D eigenvalue weighted by Crippen LogP contribution is 2.51. The Kier molecular flexibility index (Phi) is 8.85. The zero-order chi connectivity index (χ0) is 28.5. The number of aromatic nitrogens is 2. The lowest BCUT2D eigenvalue weighted by Crippen LogP contribution is -2.64. The van der Waals surface area contributed by atoms with Crippen LogP contribution >= 0.6 is 11.6 Å². The molecule has 2 fully saturated rings. The Morgan fingerprint density at radius 3 is 2.56 bits per heavy atom. The predicted octanol–water partition coefficient (Wildman–Crippen LogP) is 3.74. The van der Waals surface area contributed by atoms with Gasteiger partial charge in [-0.25, -0.2) is 9.97 Å². The quantitative estimate of drug-likeness (QED) is 0.354. The maximum Gasteiger partial charge on any atom is 0.163 e. The van der Waals surface area contributed by atoms with Crippen LogP contribution in [0.15, 0.2) is 23.9 Å². The van der Waals surface area contributed by atoms with Crippen molar-refractivity contribution in [3.63, 3.8) is 0 Å². The van der Waals surface area contributed by atoms with Gasteiger partial charge in [0.15, 0.2) is 11.6 Å². The molecule has 1 saturated carbocycles. The molecule has 1 saturated heterocycles. The fourth-order valence-corrected chi connectivity index (χ4v) is 5.82. The molecule has 1 atom stereocenters. The molecule has 2 aliphatic rings. The number of nitrogens with two attached hydrogens (primary N) is 1. The van der Waals surface area contributed by atoms with Crippen molar-refractivity contribution >= 4 is 28.8 Å². The van der Waals surface area contributed by atoms with Crippen LogP contribution in [-0.4, -0.2) is 72.5 Å². The lowest BCUT2D eigenvalue weighted by atomic mass is 9.61. The molecule has 1 spiro atoms. The standard InChI is InChI=1S/C29H40ClN5O4/c1-16(2)39-22-10-29(11-22)14-35(15-29)28-17(3)26(25(18(4)31)19(5)36)33-27(34-28)23-9-21(7-8-24(23)30)38-13-20(37)12-32-6/h7-9,16,20,22,32,37H,10-15,31H2,1-6H3/t20-/m1/s1. The number of rotatable bonds is 11. The Morgan fingerprint density at radius 1 is 1.28 bits per heavy atom. The van der Waals surface area contributed by atoms with E-state index in [9.17, 15) is 9.90 Å². The van der Waals surface area contributed by atoms with Crippen LogP contribution in [0.1, 0.15) is 51.8 Å². The Morgan fingerprint density at radius 2 is 1.97 bits per heavy atom. The summed E-state index contributed by atoms with van der Waals surface area (Å²) in [5, 5.41) is 13.4. The van der Waals surface area contributed by atoms with Crippen molar-refractivity contribution in [2.24, 2.45) is 11.1 Å². The smallest absolute Gasteiger partial charge is 0.163 e. The van der Waals surface area contributed by atoms with Gasteiger partial charge in [0.05, 0.1) is 28.5 Å². The normalized spacial score (nSPS) is 18.0. The van der Waals surface area contributed by atoms with Gasteiger partial charge in [0.2, 0.25) is 0 Å². The van der Waals surface area contributed by atoms with E-state index >= 15 is 0 Å². The molecule has 9 nitrogen and oxygen atoms in total. The van der Waals surface area contributed by atoms with Gasteiger partial charge in [-0.15, -0.1) is 0 Å². The van der Waals surface area contributed by atoms with E-state index < -0.39 is 6.10 Å². The van der Waals surface area contributed by atoms with Crippen LogP contribution < -0.4 is 20.7 Å². The molecule has 0 radical (unpaired) electrons. The van der Waals surface area contributed by atoms with Crippen LogP contribution in [0, 0.1) is 12.3 Å². The molecular weight excluding hydrogens is 518 g/mol. The molecule has 0 bridgehead atoms. The lowest BCUT2D eigenvalue weighted by molar-refractivity contribution is -0.114. The maximum atomic E-state index is 12.7. The van der Waals surface area contributed by atoms with Gasteiger partial charge in [0.1, 0.15) is 24.3 Å². The first-order valence-electron chi connectivity index (χ1n) is 13.4. The molecule has 2 heterocycles. The molecule has 1 aromatic heterocycles. The fraction of sp³-hybridized carbons (Fsp3) is 0.552. The largest absolute Gasteiger partial charge is 0.491 e. The minimum Gasteiger partial charge on any atom is -0.491 e. The van der Waals surface area contributed by atoms with Crippen LogP contribution in [0.25, 0.3) is 17.0 Å². The molecule has 2 aromatic rings. The summed E-state index contributed by atoms with van der Waals surface area (Å²) in [4.78, 5) is 24.7. The number of nitrogens with zero attached hydrogens (tertiary/aromatic N) is 3. The second kappa shape index (κ2) is 11.8. The molecule has 1 aromatic carbocycles. The minimum absolute atomic E-state index is 0.119. The van der Waals surface area contributed by atoms with E-state index in [1.54, 1.807) is 32.2 Å². The SMILES string of the molecule is CNC[C@@H](O)COc1ccc(Cl)c(-c2nc(C(C(C)=O)=C(C)N)c(C)c(N3CC4(CC(OC(C)C)C4)C3)n2)c1. The lowest BCUT2D eigenvalue weighted by Gasteiger charge is -2.59. The number of hydrogen-bond acceptors (Lipinski definition) is 9. The third-order valence-corrected chi connectivity index (χ3v) is 7.63. The summed E-state index contributed by atoms with van der Waals surface area (Å²) in [6, 6.07) is 5.22. The van der Waals surface area contributed by atoms with Gasteiger partial charge < -0.3 is 30.5 Å². The summed E-state index contributed by atoms with van der Waals surface area (Å²) in [5.41, 5.74) is 9.06. The van der Waals surface area contributed by atoms with Crippen molar-refractivity contribution in [3.05, 3.63) is 40.2 Å². The third kappa shape index (κ3) is 6.38. The molecule has 39 heavy (non-hydrogen) atoms. The second-order valence-electron chi connectivity index (χ2n) is 11.2. The van der Waals surface area contributed by atoms with E-state index in [0.29, 0.717) is 51.8 Å². The average Bonchev–Trinajstić information content (AvgIpc) is 2.80. The topological polar surface area (TPSA) is 123 Å². The number of benzene rings is 1. The van der Waals surface area contributed by atoms with E-state index in [0.717, 1.165) is 37.3 Å². The molecular formula is C29H40ClN5O4. The number of nitrogens with one attached hydrogen (secondary N) is 1. The monoisotopic (exact) mass is 557 g/mol. The first-order valence-corrected chi connectivity index (χ1v) is 13.8. The number of carbonyl (C=O) groups excluding carboxylic acids is 1. The van der Waals surface area contributed by atoms with Gasteiger partial charge in [-0.3, -0.25) is 4.79 Å². The third-order valence-electron chi connectivity index (χ3n) is 7.30. The number of anilines is 1. The highest BCUT2D eigenvalue weighted by atomic mass is 35.5. The number of hydrogen-bond donors (Lipinski definition) is 3. The number of aliphatic hydroxyl groups is 1. The van der Waals surface area contributed by atoms with Crippen molar-refractivity contribution in [3.8, 4) is 17.1 Å². The highest BCUT2D eigenvalue weighted by molar-refractivity contribution is 6.33. The number of ether oxygens (including phenoxy) is 2. The molecule has 1 aliphatic carbocycles. The van der Waals surface area contributed by atoms with E-state index in [4.69, 9.17) is 36.8 Å². The van der Waals surface area contributed by atoms with E-state index in [1.165, 1.54) is 6.92 Å². The van der Waals surface area contributed by atoms with Crippen molar-refractivity contribution < 1.29 is 19.4 Å². The Labute approximate surface area is 235 Å². The van der Waals surface area contributed by atoms with E-state index in [-0.39, 0.29) is 23.9 Å². The molecule has 212 valence electrons. The summed E-state index contributed by atoms with van der Waals surface area (Å²) in [6.45, 7) is 11.5. The van der Waals surface area contributed by atoms with Gasteiger partial charge in [-0.1, -0.05) is 11.6 Å². The van der Waals surface area contributed by atoms with Crippen molar-refractivity contribution in [2.45, 2.75) is 65.8 Å². The number of carbonyl (C=O) groups is 1. The first-order chi connectivity index (χ1) is 18.4. The van der Waals surface area contributed by atoms with Crippen molar-refractivity contribution in [1.82, 2.24) is 15.3 Å². The predicted molar refractivity (Wildman–Crippen MR) is 154 cm³/mol.